The molecule has 0 bridgehead atoms. The SMILES string of the molecule is CC(=O)Nc1ccc(F)c(C(=O)N2CCC(CN)CC2)c1.Cl. The summed E-state index contributed by atoms with van der Waals surface area (Å²) in [5.41, 5.74) is 6.04. The van der Waals surface area contributed by atoms with Crippen LogP contribution in [0.1, 0.15) is 30.1 Å². The van der Waals surface area contributed by atoms with E-state index in [-0.39, 0.29) is 29.8 Å². The number of halogens is 2. The number of carbonyl (C=O) groups is 2. The Morgan fingerprint density at radius 3 is 2.55 bits per heavy atom. The number of hydrogen-bond acceptors (Lipinski definition) is 3. The van der Waals surface area contributed by atoms with Crippen molar-refractivity contribution in [2.75, 3.05) is 25.0 Å². The molecule has 2 amide bonds. The number of nitrogens with zero attached hydrogens (tertiary/aromatic N) is 1. The zero-order valence-corrected chi connectivity index (χ0v) is 13.3. The number of piperidine rings is 1. The van der Waals surface area contributed by atoms with E-state index in [1.807, 2.05) is 0 Å². The van der Waals surface area contributed by atoms with E-state index < -0.39 is 5.82 Å². The molecule has 5 nitrogen and oxygen atoms in total. The van der Waals surface area contributed by atoms with Crippen molar-refractivity contribution in [3.63, 3.8) is 0 Å². The van der Waals surface area contributed by atoms with E-state index in [4.69, 9.17) is 5.73 Å². The van der Waals surface area contributed by atoms with Crippen LogP contribution in [-0.4, -0.2) is 36.3 Å². The van der Waals surface area contributed by atoms with Crippen molar-refractivity contribution in [3.05, 3.63) is 29.6 Å². The lowest BCUT2D eigenvalue weighted by Gasteiger charge is -2.31. The fourth-order valence-corrected chi connectivity index (χ4v) is 2.51. The molecule has 0 saturated carbocycles. The summed E-state index contributed by atoms with van der Waals surface area (Å²) in [4.78, 5) is 25.1. The van der Waals surface area contributed by atoms with Crippen molar-refractivity contribution in [1.29, 1.82) is 0 Å². The van der Waals surface area contributed by atoms with E-state index in [1.165, 1.54) is 25.1 Å². The zero-order chi connectivity index (χ0) is 15.4. The number of hydrogen-bond donors (Lipinski definition) is 2. The molecule has 1 aliphatic rings. The minimum absolute atomic E-state index is 0. The van der Waals surface area contributed by atoms with Crippen molar-refractivity contribution in [2.24, 2.45) is 11.7 Å². The van der Waals surface area contributed by atoms with E-state index in [1.54, 1.807) is 4.90 Å². The number of nitrogens with one attached hydrogen (secondary N) is 1. The van der Waals surface area contributed by atoms with Gasteiger partial charge in [-0.3, -0.25) is 9.59 Å². The molecule has 3 N–H and O–H groups in total. The third kappa shape index (κ3) is 4.42. The van der Waals surface area contributed by atoms with Gasteiger partial charge in [0.15, 0.2) is 0 Å². The summed E-state index contributed by atoms with van der Waals surface area (Å²) in [6.07, 6.45) is 1.69. The molecular weight excluding hydrogens is 309 g/mol. The van der Waals surface area contributed by atoms with Crippen LogP contribution in [0.4, 0.5) is 10.1 Å². The average Bonchev–Trinajstić information content (AvgIpc) is 2.48. The predicted molar refractivity (Wildman–Crippen MR) is 85.6 cm³/mol. The number of anilines is 1. The van der Waals surface area contributed by atoms with Crippen LogP contribution in [-0.2, 0) is 4.79 Å². The molecule has 0 aromatic heterocycles. The van der Waals surface area contributed by atoms with Crippen molar-refractivity contribution in [1.82, 2.24) is 4.90 Å². The fourth-order valence-electron chi connectivity index (χ4n) is 2.51. The van der Waals surface area contributed by atoms with Crippen LogP contribution in [0, 0.1) is 11.7 Å². The molecule has 1 fully saturated rings. The third-order valence-corrected chi connectivity index (χ3v) is 3.75. The standard InChI is InChI=1S/C15H20FN3O2.ClH/c1-10(20)18-12-2-3-14(16)13(8-12)15(21)19-6-4-11(9-17)5-7-19;/h2-3,8,11H,4-7,9,17H2,1H3,(H,18,20);1H. The minimum Gasteiger partial charge on any atom is -0.339 e. The van der Waals surface area contributed by atoms with Crippen LogP contribution < -0.4 is 11.1 Å². The molecular formula is C15H21ClFN3O2. The van der Waals surface area contributed by atoms with E-state index in [0.717, 1.165) is 12.8 Å². The Morgan fingerprint density at radius 1 is 1.36 bits per heavy atom. The maximum atomic E-state index is 13.9. The smallest absolute Gasteiger partial charge is 0.256 e. The van der Waals surface area contributed by atoms with Gasteiger partial charge in [-0.1, -0.05) is 0 Å². The summed E-state index contributed by atoms with van der Waals surface area (Å²) in [6, 6.07) is 4.02. The molecule has 2 rings (SSSR count). The first kappa shape index (κ1) is 18.4. The van der Waals surface area contributed by atoms with Crippen molar-refractivity contribution in [2.45, 2.75) is 19.8 Å². The van der Waals surface area contributed by atoms with Gasteiger partial charge in [-0.25, -0.2) is 4.39 Å². The molecule has 1 aliphatic heterocycles. The number of likely N-dealkylation sites (tertiary alicyclic amines) is 1. The number of benzene rings is 1. The van der Waals surface area contributed by atoms with E-state index in [9.17, 15) is 14.0 Å². The Labute approximate surface area is 135 Å². The minimum atomic E-state index is -0.574. The molecule has 1 heterocycles. The molecule has 1 saturated heterocycles. The van der Waals surface area contributed by atoms with Crippen molar-refractivity contribution >= 4 is 29.9 Å². The lowest BCUT2D eigenvalue weighted by atomic mass is 9.96. The van der Waals surface area contributed by atoms with Crippen LogP contribution >= 0.6 is 12.4 Å². The fraction of sp³-hybridized carbons (Fsp3) is 0.467. The van der Waals surface area contributed by atoms with Gasteiger partial charge in [-0.05, 0) is 43.5 Å². The summed E-state index contributed by atoms with van der Waals surface area (Å²) < 4.78 is 13.9. The van der Waals surface area contributed by atoms with Gasteiger partial charge in [0.25, 0.3) is 5.91 Å². The maximum absolute atomic E-state index is 13.9. The Bertz CT molecular complexity index is 546. The van der Waals surface area contributed by atoms with Gasteiger partial charge >= 0.3 is 0 Å². The summed E-state index contributed by atoms with van der Waals surface area (Å²) in [7, 11) is 0. The number of rotatable bonds is 3. The summed E-state index contributed by atoms with van der Waals surface area (Å²) in [6.45, 7) is 3.16. The average molecular weight is 330 g/mol. The molecule has 1 aromatic carbocycles. The molecule has 122 valence electrons. The quantitative estimate of drug-likeness (QED) is 0.890. The summed E-state index contributed by atoms with van der Waals surface area (Å²) >= 11 is 0. The van der Waals surface area contributed by atoms with Crippen LogP contribution in [0.25, 0.3) is 0 Å². The second-order valence-corrected chi connectivity index (χ2v) is 5.35. The predicted octanol–water partition coefficient (Wildman–Crippen LogP) is 2.02. The lowest BCUT2D eigenvalue weighted by Crippen LogP contribution is -2.40. The monoisotopic (exact) mass is 329 g/mol. The Kier molecular flexibility index (Phi) is 6.77. The Balaban J connectivity index is 0.00000242. The van der Waals surface area contributed by atoms with Gasteiger partial charge in [0, 0.05) is 25.7 Å². The van der Waals surface area contributed by atoms with Crippen molar-refractivity contribution in [3.8, 4) is 0 Å². The van der Waals surface area contributed by atoms with Crippen LogP contribution in [0.3, 0.4) is 0 Å². The zero-order valence-electron chi connectivity index (χ0n) is 12.5. The number of carbonyl (C=O) groups excluding carboxylic acids is 2. The molecule has 7 heteroatoms. The number of nitrogens with two attached hydrogens (primary N) is 1. The van der Waals surface area contributed by atoms with Gasteiger partial charge in [0.05, 0.1) is 5.56 Å². The van der Waals surface area contributed by atoms with Gasteiger partial charge in [-0.2, -0.15) is 0 Å². The molecule has 1 aromatic rings. The van der Waals surface area contributed by atoms with Crippen LogP contribution in [0.2, 0.25) is 0 Å². The van der Waals surface area contributed by atoms with Crippen LogP contribution in [0.15, 0.2) is 18.2 Å². The second-order valence-electron chi connectivity index (χ2n) is 5.35. The van der Waals surface area contributed by atoms with Gasteiger partial charge in [0.1, 0.15) is 5.82 Å². The van der Waals surface area contributed by atoms with Crippen molar-refractivity contribution < 1.29 is 14.0 Å². The first-order chi connectivity index (χ1) is 10.0. The first-order valence-electron chi connectivity index (χ1n) is 7.07. The van der Waals surface area contributed by atoms with Gasteiger partial charge < -0.3 is 16.0 Å². The molecule has 22 heavy (non-hydrogen) atoms. The van der Waals surface area contributed by atoms with E-state index >= 15 is 0 Å². The number of amides is 2. The Hall–Kier alpha value is -1.66. The molecule has 0 unspecified atom stereocenters. The topological polar surface area (TPSA) is 75.4 Å². The van der Waals surface area contributed by atoms with E-state index in [2.05, 4.69) is 5.32 Å². The van der Waals surface area contributed by atoms with E-state index in [0.29, 0.717) is 31.2 Å². The highest BCUT2D eigenvalue weighted by molar-refractivity contribution is 5.97. The highest BCUT2D eigenvalue weighted by Crippen LogP contribution is 2.21. The molecule has 0 radical (unpaired) electrons. The lowest BCUT2D eigenvalue weighted by molar-refractivity contribution is -0.114. The van der Waals surface area contributed by atoms with Crippen LogP contribution in [0.5, 0.6) is 0 Å². The van der Waals surface area contributed by atoms with Gasteiger partial charge in [-0.15, -0.1) is 12.4 Å². The first-order valence-corrected chi connectivity index (χ1v) is 7.07. The normalized spacial score (nSPS) is 15.1. The Morgan fingerprint density at radius 2 is 2.00 bits per heavy atom. The highest BCUT2D eigenvalue weighted by Gasteiger charge is 2.24. The third-order valence-electron chi connectivity index (χ3n) is 3.75. The second kappa shape index (κ2) is 8.10. The molecule has 0 aliphatic carbocycles. The van der Waals surface area contributed by atoms with Gasteiger partial charge in [0.2, 0.25) is 5.91 Å². The summed E-state index contributed by atoms with van der Waals surface area (Å²) in [5, 5.41) is 2.55. The highest BCUT2D eigenvalue weighted by atomic mass is 35.5. The maximum Gasteiger partial charge on any atom is 0.256 e. The molecule has 0 spiro atoms. The molecule has 0 atom stereocenters. The largest absolute Gasteiger partial charge is 0.339 e. The summed E-state index contributed by atoms with van der Waals surface area (Å²) in [5.74, 6) is -0.737.